The molecule has 1 N–H and O–H groups in total. The number of piperidine rings is 1. The summed E-state index contributed by atoms with van der Waals surface area (Å²) >= 11 is 0. The first-order chi connectivity index (χ1) is 13.0. The number of aryl methyl sites for hydroxylation is 1. The summed E-state index contributed by atoms with van der Waals surface area (Å²) in [4.78, 5) is 36.9. The predicted molar refractivity (Wildman–Crippen MR) is 96.7 cm³/mol. The number of imidazole rings is 1. The van der Waals surface area contributed by atoms with Crippen LogP contribution in [0.25, 0.3) is 0 Å². The number of likely N-dealkylation sites (tertiary alicyclic amines) is 1. The van der Waals surface area contributed by atoms with E-state index in [1.807, 2.05) is 23.6 Å². The number of hydrogen-bond donors (Lipinski definition) is 1. The first-order valence-electron chi connectivity index (χ1n) is 9.56. The van der Waals surface area contributed by atoms with Gasteiger partial charge in [0.15, 0.2) is 0 Å². The zero-order valence-corrected chi connectivity index (χ0v) is 15.8. The molecular weight excluding hydrogens is 346 g/mol. The van der Waals surface area contributed by atoms with E-state index in [1.54, 1.807) is 12.4 Å². The smallest absolute Gasteiger partial charge is 0.230 e. The monoisotopic (exact) mass is 371 g/mol. The quantitative estimate of drug-likeness (QED) is 0.883. The molecular formula is C19H25N5O3. The maximum absolute atomic E-state index is 12.7. The number of carbonyl (C=O) groups is 2. The number of nitrogens with one attached hydrogen (secondary N) is 1. The molecule has 1 fully saturated rings. The predicted octanol–water partition coefficient (Wildman–Crippen LogP) is 1.56. The number of aromatic nitrogens is 3. The molecule has 1 saturated heterocycles. The molecule has 4 heterocycles. The van der Waals surface area contributed by atoms with E-state index in [-0.39, 0.29) is 18.2 Å². The molecule has 1 spiro atoms. The molecule has 4 rings (SSSR count). The standard InChI is InChI=1S/C19H25N5O3/c1-3-16(25)24-7-4-15-18(21-12-20-15)19(24)5-8-23(9-6-19)17(26)11-14-10-13(2)22-27-14/h10,12H,3-9,11H2,1-2H3,(H,20,21). The van der Waals surface area contributed by atoms with Crippen LogP contribution in [0.4, 0.5) is 0 Å². The topological polar surface area (TPSA) is 95.3 Å². The van der Waals surface area contributed by atoms with E-state index in [2.05, 4.69) is 15.1 Å². The summed E-state index contributed by atoms with van der Waals surface area (Å²) in [7, 11) is 0. The number of H-pyrrole nitrogens is 1. The fraction of sp³-hybridized carbons (Fsp3) is 0.579. The number of carbonyl (C=O) groups excluding carboxylic acids is 2. The second kappa shape index (κ2) is 6.83. The highest BCUT2D eigenvalue weighted by atomic mass is 16.5. The Labute approximate surface area is 157 Å². The van der Waals surface area contributed by atoms with Crippen LogP contribution in [0.15, 0.2) is 16.9 Å². The van der Waals surface area contributed by atoms with Crippen LogP contribution in [0.2, 0.25) is 0 Å². The van der Waals surface area contributed by atoms with Crippen LogP contribution in [0.5, 0.6) is 0 Å². The van der Waals surface area contributed by atoms with E-state index in [1.165, 1.54) is 0 Å². The molecule has 2 amide bonds. The molecule has 0 saturated carbocycles. The van der Waals surface area contributed by atoms with Crippen molar-refractivity contribution < 1.29 is 14.1 Å². The number of hydrogen-bond acceptors (Lipinski definition) is 5. The lowest BCUT2D eigenvalue weighted by atomic mass is 9.78. The third kappa shape index (κ3) is 3.02. The molecule has 0 radical (unpaired) electrons. The Hall–Kier alpha value is -2.64. The molecule has 8 heteroatoms. The molecule has 2 aliphatic heterocycles. The highest BCUT2D eigenvalue weighted by Crippen LogP contribution is 2.42. The van der Waals surface area contributed by atoms with Crippen molar-refractivity contribution in [2.45, 2.75) is 51.5 Å². The molecule has 0 aromatic carbocycles. The number of fused-ring (bicyclic) bond motifs is 2. The van der Waals surface area contributed by atoms with E-state index in [4.69, 9.17) is 4.52 Å². The van der Waals surface area contributed by atoms with Crippen molar-refractivity contribution in [1.29, 1.82) is 0 Å². The van der Waals surface area contributed by atoms with Gasteiger partial charge in [0, 0.05) is 44.2 Å². The summed E-state index contributed by atoms with van der Waals surface area (Å²) in [6, 6.07) is 1.79. The van der Waals surface area contributed by atoms with Crippen molar-refractivity contribution in [3.63, 3.8) is 0 Å². The molecule has 27 heavy (non-hydrogen) atoms. The lowest BCUT2D eigenvalue weighted by Crippen LogP contribution is -2.58. The number of aromatic amines is 1. The molecule has 0 atom stereocenters. The number of amides is 2. The lowest BCUT2D eigenvalue weighted by molar-refractivity contribution is -0.144. The summed E-state index contributed by atoms with van der Waals surface area (Å²) in [5.41, 5.74) is 2.47. The van der Waals surface area contributed by atoms with Gasteiger partial charge in [-0.05, 0) is 19.8 Å². The average molecular weight is 371 g/mol. The largest absolute Gasteiger partial charge is 0.361 e. The van der Waals surface area contributed by atoms with Gasteiger partial charge in [0.1, 0.15) is 5.76 Å². The van der Waals surface area contributed by atoms with Gasteiger partial charge in [0.25, 0.3) is 0 Å². The van der Waals surface area contributed by atoms with Gasteiger partial charge in [-0.2, -0.15) is 0 Å². The molecule has 0 unspecified atom stereocenters. The van der Waals surface area contributed by atoms with Crippen LogP contribution < -0.4 is 0 Å². The highest BCUT2D eigenvalue weighted by Gasteiger charge is 2.48. The van der Waals surface area contributed by atoms with Crippen LogP contribution >= 0.6 is 0 Å². The van der Waals surface area contributed by atoms with E-state index in [9.17, 15) is 9.59 Å². The zero-order valence-electron chi connectivity index (χ0n) is 15.8. The maximum Gasteiger partial charge on any atom is 0.230 e. The van der Waals surface area contributed by atoms with Crippen LogP contribution in [0.1, 0.15) is 49.0 Å². The summed E-state index contributed by atoms with van der Waals surface area (Å²) in [5.74, 6) is 0.779. The Bertz CT molecular complexity index is 847. The van der Waals surface area contributed by atoms with E-state index in [0.717, 1.165) is 23.5 Å². The van der Waals surface area contributed by atoms with Crippen molar-refractivity contribution in [3.05, 3.63) is 35.2 Å². The minimum atomic E-state index is -0.402. The van der Waals surface area contributed by atoms with Gasteiger partial charge in [-0.1, -0.05) is 12.1 Å². The number of rotatable bonds is 3. The second-order valence-corrected chi connectivity index (χ2v) is 7.40. The molecule has 2 aliphatic rings. The summed E-state index contributed by atoms with van der Waals surface area (Å²) < 4.78 is 5.17. The van der Waals surface area contributed by atoms with E-state index < -0.39 is 5.54 Å². The van der Waals surface area contributed by atoms with Crippen molar-refractivity contribution in [1.82, 2.24) is 24.9 Å². The third-order valence-electron chi connectivity index (χ3n) is 5.81. The van der Waals surface area contributed by atoms with Crippen LogP contribution in [-0.4, -0.2) is 56.4 Å². The second-order valence-electron chi connectivity index (χ2n) is 7.40. The normalized spacial score (nSPS) is 18.6. The fourth-order valence-corrected chi connectivity index (χ4v) is 4.43. The van der Waals surface area contributed by atoms with Gasteiger partial charge in [-0.15, -0.1) is 0 Å². The Kier molecular flexibility index (Phi) is 4.49. The Morgan fingerprint density at radius 1 is 1.26 bits per heavy atom. The van der Waals surface area contributed by atoms with Crippen molar-refractivity contribution >= 4 is 11.8 Å². The Morgan fingerprint density at radius 2 is 2.04 bits per heavy atom. The molecule has 8 nitrogen and oxygen atoms in total. The first-order valence-corrected chi connectivity index (χ1v) is 9.56. The third-order valence-corrected chi connectivity index (χ3v) is 5.81. The van der Waals surface area contributed by atoms with Gasteiger partial charge < -0.3 is 19.3 Å². The van der Waals surface area contributed by atoms with Gasteiger partial charge >= 0.3 is 0 Å². The van der Waals surface area contributed by atoms with Gasteiger partial charge in [-0.3, -0.25) is 9.59 Å². The molecule has 0 bridgehead atoms. The maximum atomic E-state index is 12.7. The molecule has 144 valence electrons. The van der Waals surface area contributed by atoms with Crippen molar-refractivity contribution in [2.75, 3.05) is 19.6 Å². The average Bonchev–Trinajstić information content (AvgIpc) is 3.31. The van der Waals surface area contributed by atoms with Crippen LogP contribution in [0, 0.1) is 6.92 Å². The SMILES string of the molecule is CCC(=O)N1CCc2[nH]cnc2C12CCN(C(=O)Cc1cc(C)no1)CC2. The minimum absolute atomic E-state index is 0.0347. The van der Waals surface area contributed by atoms with Crippen molar-refractivity contribution in [3.8, 4) is 0 Å². The first kappa shape index (κ1) is 17.8. The van der Waals surface area contributed by atoms with Gasteiger partial charge in [0.05, 0.1) is 29.7 Å². The molecule has 2 aromatic heterocycles. The lowest BCUT2D eigenvalue weighted by Gasteiger charge is -2.50. The summed E-state index contributed by atoms with van der Waals surface area (Å²) in [6.07, 6.45) is 4.63. The molecule has 0 aliphatic carbocycles. The number of nitrogens with zero attached hydrogens (tertiary/aromatic N) is 4. The summed E-state index contributed by atoms with van der Waals surface area (Å²) in [6.45, 7) is 5.64. The summed E-state index contributed by atoms with van der Waals surface area (Å²) in [5, 5.41) is 3.84. The van der Waals surface area contributed by atoms with Gasteiger partial charge in [-0.25, -0.2) is 4.98 Å². The fourth-order valence-electron chi connectivity index (χ4n) is 4.43. The minimum Gasteiger partial charge on any atom is -0.361 e. The Morgan fingerprint density at radius 3 is 2.70 bits per heavy atom. The van der Waals surface area contributed by atoms with Crippen LogP contribution in [-0.2, 0) is 28.0 Å². The molecule has 2 aromatic rings. The highest BCUT2D eigenvalue weighted by molar-refractivity contribution is 5.79. The van der Waals surface area contributed by atoms with E-state index >= 15 is 0 Å². The van der Waals surface area contributed by atoms with Crippen molar-refractivity contribution in [2.24, 2.45) is 0 Å². The Balaban J connectivity index is 1.52. The van der Waals surface area contributed by atoms with Crippen LogP contribution in [0.3, 0.4) is 0 Å². The van der Waals surface area contributed by atoms with Gasteiger partial charge in [0.2, 0.25) is 11.8 Å². The van der Waals surface area contributed by atoms with E-state index in [0.29, 0.717) is 44.7 Å². The zero-order chi connectivity index (χ0) is 19.0.